The molecule has 0 radical (unpaired) electrons. The van der Waals surface area contributed by atoms with Gasteiger partial charge in [0.15, 0.2) is 11.0 Å². The number of amides is 1. The molecule has 0 aliphatic carbocycles. The second kappa shape index (κ2) is 9.69. The molecule has 0 bridgehead atoms. The minimum Gasteiger partial charge on any atom is -0.497 e. The first kappa shape index (κ1) is 21.6. The van der Waals surface area contributed by atoms with Crippen LogP contribution in [-0.4, -0.2) is 43.3 Å². The van der Waals surface area contributed by atoms with E-state index in [1.54, 1.807) is 11.8 Å². The molecule has 4 rings (SSSR count). The van der Waals surface area contributed by atoms with Crippen molar-refractivity contribution in [2.24, 2.45) is 7.05 Å². The fraction of sp³-hybridized carbons (Fsp3) is 0.217. The summed E-state index contributed by atoms with van der Waals surface area (Å²) in [4.78, 5) is 12.4. The maximum Gasteiger partial charge on any atom is 0.234 e. The number of thioether (sulfide) groups is 1. The van der Waals surface area contributed by atoms with Gasteiger partial charge in [0.1, 0.15) is 11.4 Å². The molecule has 1 amide bonds. The molecule has 2 aromatic heterocycles. The van der Waals surface area contributed by atoms with Gasteiger partial charge in [-0.05, 0) is 31.2 Å². The number of ether oxygens (including phenoxy) is 1. The van der Waals surface area contributed by atoms with Crippen LogP contribution in [0.5, 0.6) is 5.75 Å². The number of carbonyl (C=O) groups excluding carboxylic acids is 1. The van der Waals surface area contributed by atoms with Crippen molar-refractivity contribution in [3.63, 3.8) is 0 Å². The first-order valence-corrected chi connectivity index (χ1v) is 11.2. The molecule has 9 heteroatoms. The van der Waals surface area contributed by atoms with E-state index in [0.717, 1.165) is 28.3 Å². The first-order chi connectivity index (χ1) is 15.6. The van der Waals surface area contributed by atoms with Gasteiger partial charge in [0.2, 0.25) is 5.91 Å². The molecule has 0 fully saturated rings. The number of hydrogen-bond acceptors (Lipinski definition) is 6. The Labute approximate surface area is 190 Å². The van der Waals surface area contributed by atoms with E-state index in [-0.39, 0.29) is 11.7 Å². The number of para-hydroxylation sites is 1. The number of aromatic nitrogens is 5. The zero-order valence-electron chi connectivity index (χ0n) is 18.1. The SMILES string of the molecule is CCn1c(SCC(=O)Nc2ccccc2)nnc1-c1cn(C)nc1-c1cccc(OC)c1. The third-order valence-corrected chi connectivity index (χ3v) is 5.80. The Morgan fingerprint density at radius 2 is 1.94 bits per heavy atom. The molecule has 4 aromatic rings. The summed E-state index contributed by atoms with van der Waals surface area (Å²) in [6, 6.07) is 17.2. The summed E-state index contributed by atoms with van der Waals surface area (Å²) in [6.07, 6.45) is 1.93. The molecular weight excluding hydrogens is 424 g/mol. The molecule has 0 aliphatic heterocycles. The lowest BCUT2D eigenvalue weighted by Crippen LogP contribution is -2.14. The Balaban J connectivity index is 1.58. The predicted octanol–water partition coefficient (Wildman–Crippen LogP) is 4.10. The fourth-order valence-electron chi connectivity index (χ4n) is 3.36. The summed E-state index contributed by atoms with van der Waals surface area (Å²) in [7, 11) is 3.52. The number of carbonyl (C=O) groups is 1. The van der Waals surface area contributed by atoms with E-state index < -0.39 is 0 Å². The third kappa shape index (κ3) is 4.67. The number of methoxy groups -OCH3 is 1. The van der Waals surface area contributed by atoms with Crippen molar-refractivity contribution in [2.75, 3.05) is 18.2 Å². The van der Waals surface area contributed by atoms with Crippen molar-refractivity contribution in [3.05, 3.63) is 60.8 Å². The lowest BCUT2D eigenvalue weighted by molar-refractivity contribution is -0.113. The normalized spacial score (nSPS) is 10.8. The molecule has 164 valence electrons. The Kier molecular flexibility index (Phi) is 6.55. The summed E-state index contributed by atoms with van der Waals surface area (Å²) in [5.74, 6) is 1.62. The molecular formula is C23H24N6O2S. The maximum absolute atomic E-state index is 12.4. The standard InChI is InChI=1S/C23H24N6O2S/c1-4-29-22(19-14-28(2)27-21(19)16-9-8-12-18(13-16)31-3)25-26-23(29)32-15-20(30)24-17-10-6-5-7-11-17/h5-14H,4,15H2,1-3H3,(H,24,30). The van der Waals surface area contributed by atoms with Crippen LogP contribution in [0, 0.1) is 0 Å². The second-order valence-corrected chi connectivity index (χ2v) is 7.99. The molecule has 32 heavy (non-hydrogen) atoms. The van der Waals surface area contributed by atoms with Gasteiger partial charge in [0, 0.05) is 31.0 Å². The Bertz CT molecular complexity index is 1220. The van der Waals surface area contributed by atoms with Gasteiger partial charge < -0.3 is 14.6 Å². The van der Waals surface area contributed by atoms with Crippen molar-refractivity contribution >= 4 is 23.4 Å². The van der Waals surface area contributed by atoms with Crippen LogP contribution < -0.4 is 10.1 Å². The topological polar surface area (TPSA) is 86.9 Å². The van der Waals surface area contributed by atoms with Crippen LogP contribution in [0.25, 0.3) is 22.6 Å². The monoisotopic (exact) mass is 448 g/mol. The molecule has 0 unspecified atom stereocenters. The quantitative estimate of drug-likeness (QED) is 0.408. The molecule has 0 saturated heterocycles. The van der Waals surface area contributed by atoms with Crippen LogP contribution in [0.1, 0.15) is 6.92 Å². The molecule has 2 aromatic carbocycles. The van der Waals surface area contributed by atoms with Crippen LogP contribution in [0.4, 0.5) is 5.69 Å². The van der Waals surface area contributed by atoms with E-state index in [9.17, 15) is 4.79 Å². The van der Waals surface area contributed by atoms with Crippen LogP contribution in [0.15, 0.2) is 66.0 Å². The van der Waals surface area contributed by atoms with Crippen molar-refractivity contribution < 1.29 is 9.53 Å². The summed E-state index contributed by atoms with van der Waals surface area (Å²) in [5.41, 5.74) is 3.37. The van der Waals surface area contributed by atoms with Crippen molar-refractivity contribution in [2.45, 2.75) is 18.6 Å². The van der Waals surface area contributed by atoms with Crippen molar-refractivity contribution in [1.82, 2.24) is 24.5 Å². The van der Waals surface area contributed by atoms with E-state index in [0.29, 0.717) is 17.5 Å². The van der Waals surface area contributed by atoms with Crippen LogP contribution in [0.3, 0.4) is 0 Å². The number of aryl methyl sites for hydroxylation is 1. The van der Waals surface area contributed by atoms with Gasteiger partial charge in [-0.1, -0.05) is 42.1 Å². The van der Waals surface area contributed by atoms with E-state index in [2.05, 4.69) is 20.6 Å². The molecule has 8 nitrogen and oxygen atoms in total. The number of rotatable bonds is 8. The minimum atomic E-state index is -0.0909. The van der Waals surface area contributed by atoms with Gasteiger partial charge in [-0.3, -0.25) is 9.48 Å². The van der Waals surface area contributed by atoms with Crippen LogP contribution in [-0.2, 0) is 18.4 Å². The molecule has 0 saturated carbocycles. The molecule has 0 spiro atoms. The Hall–Kier alpha value is -3.59. The van der Waals surface area contributed by atoms with Crippen molar-refractivity contribution in [1.29, 1.82) is 0 Å². The van der Waals surface area contributed by atoms with E-state index in [1.807, 2.05) is 79.3 Å². The predicted molar refractivity (Wildman–Crippen MR) is 126 cm³/mol. The number of anilines is 1. The number of nitrogens with zero attached hydrogens (tertiary/aromatic N) is 5. The first-order valence-electron chi connectivity index (χ1n) is 10.2. The third-order valence-electron chi connectivity index (χ3n) is 4.84. The lowest BCUT2D eigenvalue weighted by Gasteiger charge is -2.08. The molecule has 1 N–H and O–H groups in total. The smallest absolute Gasteiger partial charge is 0.234 e. The highest BCUT2D eigenvalue weighted by Gasteiger charge is 2.20. The largest absolute Gasteiger partial charge is 0.497 e. The maximum atomic E-state index is 12.4. The Morgan fingerprint density at radius 1 is 1.12 bits per heavy atom. The van der Waals surface area contributed by atoms with Gasteiger partial charge in [-0.2, -0.15) is 5.10 Å². The fourth-order valence-corrected chi connectivity index (χ4v) is 4.17. The average molecular weight is 449 g/mol. The summed E-state index contributed by atoms with van der Waals surface area (Å²) in [6.45, 7) is 2.69. The zero-order valence-corrected chi connectivity index (χ0v) is 19.0. The van der Waals surface area contributed by atoms with Crippen molar-refractivity contribution in [3.8, 4) is 28.4 Å². The van der Waals surface area contributed by atoms with E-state index >= 15 is 0 Å². The molecule has 0 aliphatic rings. The highest BCUT2D eigenvalue weighted by Crippen LogP contribution is 2.33. The highest BCUT2D eigenvalue weighted by atomic mass is 32.2. The van der Waals surface area contributed by atoms with E-state index in [4.69, 9.17) is 4.74 Å². The summed E-state index contributed by atoms with van der Waals surface area (Å²) in [5, 5.41) is 17.0. The second-order valence-electron chi connectivity index (χ2n) is 7.05. The van der Waals surface area contributed by atoms with Gasteiger partial charge in [0.25, 0.3) is 0 Å². The number of hydrogen-bond donors (Lipinski definition) is 1. The van der Waals surface area contributed by atoms with Gasteiger partial charge >= 0.3 is 0 Å². The van der Waals surface area contributed by atoms with Gasteiger partial charge in [0.05, 0.1) is 18.4 Å². The van der Waals surface area contributed by atoms with E-state index in [1.165, 1.54) is 11.8 Å². The average Bonchev–Trinajstić information content (AvgIpc) is 3.41. The van der Waals surface area contributed by atoms with Crippen LogP contribution in [0.2, 0.25) is 0 Å². The van der Waals surface area contributed by atoms with Crippen LogP contribution >= 0.6 is 11.8 Å². The molecule has 0 atom stereocenters. The summed E-state index contributed by atoms with van der Waals surface area (Å²) >= 11 is 1.36. The van der Waals surface area contributed by atoms with Gasteiger partial charge in [-0.15, -0.1) is 10.2 Å². The molecule has 2 heterocycles. The minimum absolute atomic E-state index is 0.0909. The van der Waals surface area contributed by atoms with Gasteiger partial charge in [-0.25, -0.2) is 0 Å². The summed E-state index contributed by atoms with van der Waals surface area (Å²) < 4.78 is 9.13. The zero-order chi connectivity index (χ0) is 22.5. The number of benzene rings is 2. The number of nitrogens with one attached hydrogen (secondary N) is 1. The highest BCUT2D eigenvalue weighted by molar-refractivity contribution is 7.99. The Morgan fingerprint density at radius 3 is 2.69 bits per heavy atom. The lowest BCUT2D eigenvalue weighted by atomic mass is 10.1.